The predicted octanol–water partition coefficient (Wildman–Crippen LogP) is 3.19. The fourth-order valence-electron chi connectivity index (χ4n) is 2.94. The van der Waals surface area contributed by atoms with Crippen molar-refractivity contribution in [2.24, 2.45) is 5.92 Å². The Morgan fingerprint density at radius 2 is 2.14 bits per heavy atom. The van der Waals surface area contributed by atoms with E-state index in [-0.39, 0.29) is 0 Å². The number of imidazole rings is 1. The molecule has 0 bridgehead atoms. The van der Waals surface area contributed by atoms with Gasteiger partial charge in [0.1, 0.15) is 11.3 Å². The monoisotopic (exact) mass is 326 g/mol. The number of hydrogen-bond donors (Lipinski definition) is 0. The van der Waals surface area contributed by atoms with Crippen LogP contribution < -0.4 is 0 Å². The second-order valence-electron chi connectivity index (χ2n) is 5.81. The number of fused-ring (bicyclic) bond motifs is 1. The van der Waals surface area contributed by atoms with Crippen molar-refractivity contribution in [3.8, 4) is 0 Å². The molecule has 21 heavy (non-hydrogen) atoms. The Bertz CT molecular complexity index is 778. The minimum Gasteiger partial charge on any atom is -0.325 e. The Labute approximate surface area is 130 Å². The summed E-state index contributed by atoms with van der Waals surface area (Å²) in [7, 11) is -3.29. The van der Waals surface area contributed by atoms with Gasteiger partial charge in [-0.05, 0) is 37.8 Å². The summed E-state index contributed by atoms with van der Waals surface area (Å²) in [5.41, 5.74) is 1.48. The Morgan fingerprint density at radius 1 is 1.43 bits per heavy atom. The van der Waals surface area contributed by atoms with Crippen LogP contribution in [0.15, 0.2) is 23.1 Å². The Hall–Kier alpha value is -1.07. The molecule has 1 saturated carbocycles. The molecule has 1 atom stereocenters. The third kappa shape index (κ3) is 2.69. The number of nitrogens with zero attached hydrogens (tertiary/aromatic N) is 2. The summed E-state index contributed by atoms with van der Waals surface area (Å²) in [6.45, 7) is 2.18. The molecule has 1 aliphatic carbocycles. The molecule has 0 aliphatic heterocycles. The number of rotatable bonds is 5. The lowest BCUT2D eigenvalue weighted by Crippen LogP contribution is -2.11. The zero-order chi connectivity index (χ0) is 15.2. The van der Waals surface area contributed by atoms with Gasteiger partial charge in [-0.3, -0.25) is 0 Å². The molecule has 1 aromatic carbocycles. The van der Waals surface area contributed by atoms with Gasteiger partial charge in [0, 0.05) is 24.6 Å². The van der Waals surface area contributed by atoms with Crippen molar-refractivity contribution in [2.75, 3.05) is 12.1 Å². The molecule has 1 unspecified atom stereocenters. The molecule has 1 fully saturated rings. The Morgan fingerprint density at radius 3 is 2.71 bits per heavy atom. The fraction of sp³-hybridized carbons (Fsp3) is 0.533. The van der Waals surface area contributed by atoms with E-state index in [2.05, 4.69) is 16.5 Å². The lowest BCUT2D eigenvalue weighted by Gasteiger charge is -2.16. The molecule has 1 heterocycles. The quantitative estimate of drug-likeness (QED) is 0.793. The van der Waals surface area contributed by atoms with Gasteiger partial charge < -0.3 is 4.57 Å². The first-order valence-corrected chi connectivity index (χ1v) is 9.62. The van der Waals surface area contributed by atoms with Crippen molar-refractivity contribution in [2.45, 2.75) is 37.1 Å². The number of hydrogen-bond acceptors (Lipinski definition) is 3. The van der Waals surface area contributed by atoms with Gasteiger partial charge in [-0.25, -0.2) is 13.4 Å². The van der Waals surface area contributed by atoms with Crippen LogP contribution in [0.25, 0.3) is 11.0 Å². The molecule has 0 N–H and O–H groups in total. The van der Waals surface area contributed by atoms with E-state index in [0.29, 0.717) is 34.7 Å². The molecule has 0 spiro atoms. The van der Waals surface area contributed by atoms with E-state index in [9.17, 15) is 8.42 Å². The molecule has 0 radical (unpaired) electrons. The van der Waals surface area contributed by atoms with Gasteiger partial charge in [-0.15, -0.1) is 11.6 Å². The summed E-state index contributed by atoms with van der Waals surface area (Å²) in [5, 5.41) is 0. The first kappa shape index (κ1) is 14.9. The zero-order valence-electron chi connectivity index (χ0n) is 12.2. The van der Waals surface area contributed by atoms with E-state index < -0.39 is 9.84 Å². The molecular formula is C15H19ClN2O2S. The highest BCUT2D eigenvalue weighted by Crippen LogP contribution is 2.41. The topological polar surface area (TPSA) is 52.0 Å². The van der Waals surface area contributed by atoms with Crippen LogP contribution in [-0.4, -0.2) is 30.1 Å². The average molecular weight is 327 g/mol. The SMILES string of the molecule is CC(C1CC1)n1c(CCCl)nc2c(S(C)(=O)=O)cccc21. The highest BCUT2D eigenvalue weighted by atomic mass is 35.5. The number of aromatic nitrogens is 2. The van der Waals surface area contributed by atoms with Crippen LogP contribution in [0.1, 0.15) is 31.6 Å². The van der Waals surface area contributed by atoms with E-state index >= 15 is 0 Å². The van der Waals surface area contributed by atoms with Gasteiger partial charge in [0.2, 0.25) is 0 Å². The molecule has 0 saturated heterocycles. The standard InChI is InChI=1S/C15H19ClN2O2S/c1-10(11-6-7-11)18-12-4-3-5-13(21(2,19)20)15(12)17-14(18)8-9-16/h3-5,10-11H,6-9H2,1-2H3. The number of alkyl halides is 1. The van der Waals surface area contributed by atoms with Crippen LogP contribution in [-0.2, 0) is 16.3 Å². The molecular weight excluding hydrogens is 308 g/mol. The number of para-hydroxylation sites is 1. The van der Waals surface area contributed by atoms with Crippen LogP contribution in [0.5, 0.6) is 0 Å². The summed E-state index contributed by atoms with van der Waals surface area (Å²) < 4.78 is 26.1. The van der Waals surface area contributed by atoms with Crippen LogP contribution >= 0.6 is 11.6 Å². The lowest BCUT2D eigenvalue weighted by atomic mass is 10.2. The van der Waals surface area contributed by atoms with Crippen LogP contribution in [0.2, 0.25) is 0 Å². The molecule has 4 nitrogen and oxygen atoms in total. The second kappa shape index (κ2) is 5.29. The summed E-state index contributed by atoms with van der Waals surface area (Å²) in [6.07, 6.45) is 4.34. The molecule has 6 heteroatoms. The number of aryl methyl sites for hydroxylation is 1. The molecule has 1 aromatic heterocycles. The maximum atomic E-state index is 12.0. The van der Waals surface area contributed by atoms with E-state index in [1.165, 1.54) is 19.1 Å². The first-order valence-electron chi connectivity index (χ1n) is 7.19. The van der Waals surface area contributed by atoms with Crippen molar-refractivity contribution >= 4 is 32.5 Å². The van der Waals surface area contributed by atoms with Gasteiger partial charge in [0.05, 0.1) is 10.4 Å². The molecule has 114 valence electrons. The van der Waals surface area contributed by atoms with Crippen molar-refractivity contribution in [3.05, 3.63) is 24.0 Å². The van der Waals surface area contributed by atoms with Crippen molar-refractivity contribution in [3.63, 3.8) is 0 Å². The minimum atomic E-state index is -3.29. The van der Waals surface area contributed by atoms with Gasteiger partial charge >= 0.3 is 0 Å². The third-order valence-electron chi connectivity index (χ3n) is 4.19. The van der Waals surface area contributed by atoms with E-state index in [0.717, 1.165) is 11.3 Å². The van der Waals surface area contributed by atoms with Crippen LogP contribution in [0, 0.1) is 5.92 Å². The summed E-state index contributed by atoms with van der Waals surface area (Å²) >= 11 is 5.89. The average Bonchev–Trinajstić information content (AvgIpc) is 3.18. The molecule has 3 rings (SSSR count). The minimum absolute atomic E-state index is 0.303. The number of benzene rings is 1. The maximum Gasteiger partial charge on any atom is 0.177 e. The van der Waals surface area contributed by atoms with E-state index in [1.54, 1.807) is 12.1 Å². The van der Waals surface area contributed by atoms with Crippen LogP contribution in [0.3, 0.4) is 0 Å². The van der Waals surface area contributed by atoms with E-state index in [4.69, 9.17) is 11.6 Å². The molecule has 1 aliphatic rings. The third-order valence-corrected chi connectivity index (χ3v) is 5.50. The lowest BCUT2D eigenvalue weighted by molar-refractivity contribution is 0.482. The number of sulfone groups is 1. The van der Waals surface area contributed by atoms with E-state index in [1.807, 2.05) is 6.07 Å². The Balaban J connectivity index is 2.26. The molecule has 0 amide bonds. The van der Waals surface area contributed by atoms with Crippen molar-refractivity contribution in [1.29, 1.82) is 0 Å². The van der Waals surface area contributed by atoms with Gasteiger partial charge in [0.15, 0.2) is 9.84 Å². The molecule has 2 aromatic rings. The predicted molar refractivity (Wildman–Crippen MR) is 84.7 cm³/mol. The van der Waals surface area contributed by atoms with Crippen LogP contribution in [0.4, 0.5) is 0 Å². The normalized spacial score (nSPS) is 17.3. The first-order chi connectivity index (χ1) is 9.93. The highest BCUT2D eigenvalue weighted by Gasteiger charge is 2.32. The van der Waals surface area contributed by atoms with Gasteiger partial charge in [-0.2, -0.15) is 0 Å². The van der Waals surface area contributed by atoms with Crippen molar-refractivity contribution in [1.82, 2.24) is 9.55 Å². The Kier molecular flexibility index (Phi) is 3.74. The maximum absolute atomic E-state index is 12.0. The smallest absolute Gasteiger partial charge is 0.177 e. The fourth-order valence-corrected chi connectivity index (χ4v) is 3.94. The second-order valence-corrected chi connectivity index (χ2v) is 8.17. The van der Waals surface area contributed by atoms with Gasteiger partial charge in [-0.1, -0.05) is 6.07 Å². The summed E-state index contributed by atoms with van der Waals surface area (Å²) in [5.74, 6) is 2.03. The summed E-state index contributed by atoms with van der Waals surface area (Å²) in [6, 6.07) is 5.71. The largest absolute Gasteiger partial charge is 0.325 e. The highest BCUT2D eigenvalue weighted by molar-refractivity contribution is 7.91. The van der Waals surface area contributed by atoms with Crippen molar-refractivity contribution < 1.29 is 8.42 Å². The van der Waals surface area contributed by atoms with Gasteiger partial charge in [0.25, 0.3) is 0 Å². The summed E-state index contributed by atoms with van der Waals surface area (Å²) in [4.78, 5) is 4.90. The zero-order valence-corrected chi connectivity index (χ0v) is 13.8. The number of halogens is 1.